The third-order valence-electron chi connectivity index (χ3n) is 2.23. The second-order valence-electron chi connectivity index (χ2n) is 3.69. The van der Waals surface area contributed by atoms with Crippen LogP contribution in [0.15, 0.2) is 18.2 Å². The van der Waals surface area contributed by atoms with Gasteiger partial charge in [0.05, 0.1) is 13.2 Å². The van der Waals surface area contributed by atoms with Crippen molar-refractivity contribution < 1.29 is 23.0 Å². The zero-order chi connectivity index (χ0) is 13.4. The minimum atomic E-state index is -0.722. The summed E-state index contributed by atoms with van der Waals surface area (Å²) < 4.78 is 35.7. The van der Waals surface area contributed by atoms with Gasteiger partial charge in [-0.1, -0.05) is 0 Å². The van der Waals surface area contributed by atoms with E-state index in [-0.39, 0.29) is 18.3 Å². The molecule has 1 rings (SSSR count). The van der Waals surface area contributed by atoms with Gasteiger partial charge in [0.25, 0.3) is 0 Å². The molecule has 0 aliphatic rings. The summed E-state index contributed by atoms with van der Waals surface area (Å²) in [5.74, 6) is -1.58. The predicted molar refractivity (Wildman–Crippen MR) is 62.3 cm³/mol. The molecule has 18 heavy (non-hydrogen) atoms. The zero-order valence-electron chi connectivity index (χ0n) is 10.2. The number of rotatable bonds is 7. The van der Waals surface area contributed by atoms with Crippen LogP contribution in [0.25, 0.3) is 0 Å². The first-order valence-electron chi connectivity index (χ1n) is 5.87. The Bertz CT molecular complexity index is 394. The lowest BCUT2D eigenvalue weighted by atomic mass is 10.2. The largest absolute Gasteiger partial charge is 0.491 e. The maximum absolute atomic E-state index is 13.1. The smallest absolute Gasteiger partial charge is 0.305 e. The summed E-state index contributed by atoms with van der Waals surface area (Å²) in [4.78, 5) is 11.0. The Kier molecular flexibility index (Phi) is 6.11. The van der Waals surface area contributed by atoms with Crippen LogP contribution in [0.2, 0.25) is 0 Å². The highest BCUT2D eigenvalue weighted by Gasteiger charge is 2.05. The quantitative estimate of drug-likeness (QED) is 0.557. The maximum atomic E-state index is 13.1. The van der Waals surface area contributed by atoms with Gasteiger partial charge in [-0.2, -0.15) is 0 Å². The molecule has 0 aliphatic heterocycles. The maximum Gasteiger partial charge on any atom is 0.305 e. The molecule has 1 aromatic rings. The van der Waals surface area contributed by atoms with Crippen LogP contribution >= 0.6 is 0 Å². The third kappa shape index (κ3) is 5.12. The highest BCUT2D eigenvalue weighted by molar-refractivity contribution is 5.69. The first-order chi connectivity index (χ1) is 8.63. The van der Waals surface area contributed by atoms with Crippen molar-refractivity contribution in [1.82, 2.24) is 0 Å². The van der Waals surface area contributed by atoms with E-state index in [1.54, 1.807) is 6.92 Å². The van der Waals surface area contributed by atoms with Gasteiger partial charge in [0.1, 0.15) is 5.82 Å². The predicted octanol–water partition coefficient (Wildman–Crippen LogP) is 3.08. The number of carbonyl (C=O) groups excluding carboxylic acids is 1. The van der Waals surface area contributed by atoms with Crippen LogP contribution < -0.4 is 4.74 Å². The standard InChI is InChI=1S/C13H16F2O3/c1-2-17-13(16)5-3-4-8-18-12-7-6-10(14)9-11(12)15/h6-7,9H,2-5,8H2,1H3. The number of esters is 1. The molecule has 1 aromatic carbocycles. The van der Waals surface area contributed by atoms with Gasteiger partial charge in [0, 0.05) is 12.5 Å². The average Bonchev–Trinajstić information content (AvgIpc) is 2.31. The van der Waals surface area contributed by atoms with Gasteiger partial charge in [0.15, 0.2) is 11.6 Å². The number of unbranched alkanes of at least 4 members (excludes halogenated alkanes) is 1. The minimum absolute atomic E-state index is 0.0209. The first kappa shape index (κ1) is 14.4. The lowest BCUT2D eigenvalue weighted by molar-refractivity contribution is -0.143. The minimum Gasteiger partial charge on any atom is -0.491 e. The molecule has 0 saturated carbocycles. The number of benzene rings is 1. The van der Waals surface area contributed by atoms with Gasteiger partial charge >= 0.3 is 5.97 Å². The van der Waals surface area contributed by atoms with E-state index in [4.69, 9.17) is 9.47 Å². The van der Waals surface area contributed by atoms with E-state index < -0.39 is 11.6 Å². The Morgan fingerprint density at radius 1 is 1.28 bits per heavy atom. The fraction of sp³-hybridized carbons (Fsp3) is 0.462. The van der Waals surface area contributed by atoms with E-state index in [0.29, 0.717) is 25.9 Å². The highest BCUT2D eigenvalue weighted by Crippen LogP contribution is 2.17. The molecule has 0 unspecified atom stereocenters. The van der Waals surface area contributed by atoms with E-state index in [0.717, 1.165) is 12.1 Å². The van der Waals surface area contributed by atoms with Gasteiger partial charge in [-0.05, 0) is 31.9 Å². The van der Waals surface area contributed by atoms with Gasteiger partial charge in [0.2, 0.25) is 0 Å². The van der Waals surface area contributed by atoms with E-state index in [1.165, 1.54) is 6.07 Å². The fourth-order valence-electron chi connectivity index (χ4n) is 1.38. The van der Waals surface area contributed by atoms with Crippen molar-refractivity contribution in [3.8, 4) is 5.75 Å². The van der Waals surface area contributed by atoms with Crippen LogP contribution in [-0.4, -0.2) is 19.2 Å². The van der Waals surface area contributed by atoms with Gasteiger partial charge in [-0.25, -0.2) is 8.78 Å². The number of ether oxygens (including phenoxy) is 2. The third-order valence-corrected chi connectivity index (χ3v) is 2.23. The van der Waals surface area contributed by atoms with Crippen LogP contribution in [0.1, 0.15) is 26.2 Å². The van der Waals surface area contributed by atoms with Crippen LogP contribution in [-0.2, 0) is 9.53 Å². The van der Waals surface area contributed by atoms with Gasteiger partial charge < -0.3 is 9.47 Å². The molecule has 0 aromatic heterocycles. The van der Waals surface area contributed by atoms with Crippen molar-refractivity contribution in [3.63, 3.8) is 0 Å². The molecule has 0 radical (unpaired) electrons. The molecule has 100 valence electrons. The van der Waals surface area contributed by atoms with Crippen LogP contribution in [0.5, 0.6) is 5.75 Å². The first-order valence-corrected chi connectivity index (χ1v) is 5.87. The van der Waals surface area contributed by atoms with Gasteiger partial charge in [-0.3, -0.25) is 4.79 Å². The second kappa shape index (κ2) is 7.63. The summed E-state index contributed by atoms with van der Waals surface area (Å²) in [5.41, 5.74) is 0. The molecule has 5 heteroatoms. The summed E-state index contributed by atoms with van der Waals surface area (Å²) in [5, 5.41) is 0. The number of carbonyl (C=O) groups is 1. The molecule has 0 spiro atoms. The number of hydrogen-bond donors (Lipinski definition) is 0. The summed E-state index contributed by atoms with van der Waals surface area (Å²) in [6, 6.07) is 3.15. The Labute approximate surface area is 105 Å². The van der Waals surface area contributed by atoms with E-state index in [2.05, 4.69) is 0 Å². The number of hydrogen-bond acceptors (Lipinski definition) is 3. The summed E-state index contributed by atoms with van der Waals surface area (Å²) in [7, 11) is 0. The van der Waals surface area contributed by atoms with Crippen molar-refractivity contribution >= 4 is 5.97 Å². The Morgan fingerprint density at radius 2 is 2.06 bits per heavy atom. The molecule has 0 amide bonds. The molecule has 0 heterocycles. The van der Waals surface area contributed by atoms with E-state index >= 15 is 0 Å². The highest BCUT2D eigenvalue weighted by atomic mass is 19.1. The monoisotopic (exact) mass is 258 g/mol. The van der Waals surface area contributed by atoms with Crippen LogP contribution in [0, 0.1) is 11.6 Å². The molecule has 0 fully saturated rings. The van der Waals surface area contributed by atoms with Crippen LogP contribution in [0.3, 0.4) is 0 Å². The molecule has 0 N–H and O–H groups in total. The van der Waals surface area contributed by atoms with Crippen molar-refractivity contribution in [2.75, 3.05) is 13.2 Å². The average molecular weight is 258 g/mol. The molecule has 0 bridgehead atoms. The summed E-state index contributed by atoms with van der Waals surface area (Å²) in [6.45, 7) is 2.40. The molecule has 0 aliphatic carbocycles. The number of halogens is 2. The zero-order valence-corrected chi connectivity index (χ0v) is 10.2. The molecular weight excluding hydrogens is 242 g/mol. The Balaban J connectivity index is 2.20. The fourth-order valence-corrected chi connectivity index (χ4v) is 1.38. The lowest BCUT2D eigenvalue weighted by Gasteiger charge is -2.07. The summed E-state index contributed by atoms with van der Waals surface area (Å²) in [6.07, 6.45) is 1.54. The Morgan fingerprint density at radius 3 is 2.72 bits per heavy atom. The SMILES string of the molecule is CCOC(=O)CCCCOc1ccc(F)cc1F. The molecule has 0 atom stereocenters. The molecule has 3 nitrogen and oxygen atoms in total. The van der Waals surface area contributed by atoms with Crippen molar-refractivity contribution in [2.45, 2.75) is 26.2 Å². The second-order valence-corrected chi connectivity index (χ2v) is 3.69. The van der Waals surface area contributed by atoms with E-state index in [1.807, 2.05) is 0 Å². The molecule has 0 saturated heterocycles. The molecular formula is C13H16F2O3. The Hall–Kier alpha value is -1.65. The lowest BCUT2D eigenvalue weighted by Crippen LogP contribution is -2.05. The van der Waals surface area contributed by atoms with Gasteiger partial charge in [-0.15, -0.1) is 0 Å². The summed E-state index contributed by atoms with van der Waals surface area (Å²) >= 11 is 0. The van der Waals surface area contributed by atoms with Crippen molar-refractivity contribution in [3.05, 3.63) is 29.8 Å². The van der Waals surface area contributed by atoms with E-state index in [9.17, 15) is 13.6 Å². The topological polar surface area (TPSA) is 35.5 Å². The van der Waals surface area contributed by atoms with Crippen LogP contribution in [0.4, 0.5) is 8.78 Å². The van der Waals surface area contributed by atoms with Crippen molar-refractivity contribution in [1.29, 1.82) is 0 Å². The van der Waals surface area contributed by atoms with Crippen molar-refractivity contribution in [2.24, 2.45) is 0 Å². The normalized spacial score (nSPS) is 10.2.